The second-order valence-electron chi connectivity index (χ2n) is 8.83. The molecule has 14 nitrogen and oxygen atoms in total. The lowest BCUT2D eigenvalue weighted by atomic mass is 10.0. The Morgan fingerprint density at radius 2 is 1.55 bits per heavy atom. The number of aliphatic hydroxyl groups is 1. The topological polar surface area (TPSA) is 256 Å². The van der Waals surface area contributed by atoms with Crippen molar-refractivity contribution in [3.63, 3.8) is 0 Å². The van der Waals surface area contributed by atoms with E-state index in [1.54, 1.807) is 6.20 Å². The number of rotatable bonds is 16. The number of para-hydroxylation sites is 1. The summed E-state index contributed by atoms with van der Waals surface area (Å²) in [5, 5.41) is 27.3. The van der Waals surface area contributed by atoms with Crippen LogP contribution < -0.4 is 33.2 Å². The molecule has 1 aromatic carbocycles. The number of nitrogens with one attached hydrogen (secondary N) is 4. The number of carbonyl (C=O) groups excluding carboxylic acids is 4. The standard InChI is InChI=1S/C24H35N7O7/c25-8-4-3-7-17(29-23(36)19(12-32)31-21(34)15(26)10-20(27)33)22(35)30-18(24(37)38)9-13-11-28-16-6-2-1-5-14(13)16/h1-2,5-6,11,15,17-19,28,32H,3-4,7-10,12,25-26H2,(H2,27,33)(H,29,36)(H,30,35)(H,31,34)(H,37,38). The van der Waals surface area contributed by atoms with Crippen LogP contribution in [0.4, 0.5) is 0 Å². The van der Waals surface area contributed by atoms with Crippen molar-refractivity contribution in [2.75, 3.05) is 13.2 Å². The number of aliphatic carboxylic acids is 1. The van der Waals surface area contributed by atoms with Crippen molar-refractivity contribution in [2.24, 2.45) is 17.2 Å². The fraction of sp³-hybridized carbons (Fsp3) is 0.458. The number of carboxylic acids is 1. The Balaban J connectivity index is 2.12. The molecule has 0 aliphatic carbocycles. The van der Waals surface area contributed by atoms with E-state index in [1.165, 1.54) is 0 Å². The van der Waals surface area contributed by atoms with Crippen LogP contribution in [0.25, 0.3) is 10.9 Å². The van der Waals surface area contributed by atoms with Gasteiger partial charge in [0.1, 0.15) is 18.1 Å². The number of nitrogens with two attached hydrogens (primary N) is 3. The fourth-order valence-electron chi connectivity index (χ4n) is 3.81. The first-order chi connectivity index (χ1) is 18.1. The van der Waals surface area contributed by atoms with Gasteiger partial charge in [-0.15, -0.1) is 0 Å². The Bertz CT molecular complexity index is 1140. The van der Waals surface area contributed by atoms with Gasteiger partial charge in [-0.25, -0.2) is 4.79 Å². The van der Waals surface area contributed by atoms with Gasteiger partial charge in [-0.3, -0.25) is 19.2 Å². The van der Waals surface area contributed by atoms with Crippen LogP contribution in [0.2, 0.25) is 0 Å². The fourth-order valence-corrected chi connectivity index (χ4v) is 3.81. The Labute approximate surface area is 218 Å². The van der Waals surface area contributed by atoms with E-state index in [2.05, 4.69) is 20.9 Å². The number of benzene rings is 1. The number of unbranched alkanes of at least 4 members (excludes halogenated alkanes) is 1. The molecule has 0 aliphatic rings. The highest BCUT2D eigenvalue weighted by atomic mass is 16.4. The molecule has 2 aromatic rings. The smallest absolute Gasteiger partial charge is 0.326 e. The first kappa shape index (κ1) is 30.2. The third kappa shape index (κ3) is 8.83. The van der Waals surface area contributed by atoms with Gasteiger partial charge in [-0.05, 0) is 37.4 Å². The van der Waals surface area contributed by atoms with Gasteiger partial charge in [0, 0.05) is 23.5 Å². The minimum Gasteiger partial charge on any atom is -0.480 e. The normalized spacial score (nSPS) is 14.2. The lowest BCUT2D eigenvalue weighted by molar-refractivity contribution is -0.142. The van der Waals surface area contributed by atoms with Crippen molar-refractivity contribution in [1.82, 2.24) is 20.9 Å². The summed E-state index contributed by atoms with van der Waals surface area (Å²) in [6.07, 6.45) is 2.30. The van der Waals surface area contributed by atoms with Gasteiger partial charge in [0.15, 0.2) is 0 Å². The van der Waals surface area contributed by atoms with Crippen molar-refractivity contribution in [2.45, 2.75) is 56.3 Å². The number of carboxylic acid groups (broad SMARTS) is 1. The summed E-state index contributed by atoms with van der Waals surface area (Å²) < 4.78 is 0. The van der Waals surface area contributed by atoms with Gasteiger partial charge in [-0.1, -0.05) is 18.2 Å². The predicted molar refractivity (Wildman–Crippen MR) is 137 cm³/mol. The van der Waals surface area contributed by atoms with E-state index in [0.717, 1.165) is 10.9 Å². The Morgan fingerprint density at radius 1 is 0.921 bits per heavy atom. The van der Waals surface area contributed by atoms with E-state index in [4.69, 9.17) is 17.2 Å². The monoisotopic (exact) mass is 533 g/mol. The van der Waals surface area contributed by atoms with Gasteiger partial charge in [0.2, 0.25) is 23.6 Å². The highest BCUT2D eigenvalue weighted by Gasteiger charge is 2.30. The van der Waals surface area contributed by atoms with Gasteiger partial charge >= 0.3 is 5.97 Å². The van der Waals surface area contributed by atoms with Crippen LogP contribution in [0.3, 0.4) is 0 Å². The predicted octanol–water partition coefficient (Wildman–Crippen LogP) is -2.43. The molecule has 0 saturated carbocycles. The van der Waals surface area contributed by atoms with Gasteiger partial charge in [0.25, 0.3) is 0 Å². The third-order valence-electron chi connectivity index (χ3n) is 5.87. The molecule has 38 heavy (non-hydrogen) atoms. The van der Waals surface area contributed by atoms with Crippen LogP contribution in [0.1, 0.15) is 31.2 Å². The summed E-state index contributed by atoms with van der Waals surface area (Å²) >= 11 is 0. The lowest BCUT2D eigenvalue weighted by Crippen LogP contribution is -2.58. The lowest BCUT2D eigenvalue weighted by Gasteiger charge is -2.24. The van der Waals surface area contributed by atoms with Crippen LogP contribution in [0.15, 0.2) is 30.5 Å². The van der Waals surface area contributed by atoms with E-state index in [1.807, 2.05) is 24.3 Å². The van der Waals surface area contributed by atoms with E-state index >= 15 is 0 Å². The van der Waals surface area contributed by atoms with E-state index in [-0.39, 0.29) is 12.8 Å². The Hall–Kier alpha value is -4.01. The molecule has 0 spiro atoms. The van der Waals surface area contributed by atoms with Crippen molar-refractivity contribution in [1.29, 1.82) is 0 Å². The minimum absolute atomic E-state index is 0.0123. The van der Waals surface area contributed by atoms with E-state index < -0.39 is 66.8 Å². The molecule has 208 valence electrons. The second-order valence-corrected chi connectivity index (χ2v) is 8.83. The molecule has 0 saturated heterocycles. The van der Waals surface area contributed by atoms with E-state index in [0.29, 0.717) is 24.9 Å². The molecule has 12 N–H and O–H groups in total. The van der Waals surface area contributed by atoms with Gasteiger partial charge in [-0.2, -0.15) is 0 Å². The summed E-state index contributed by atoms with van der Waals surface area (Å²) in [5.74, 6) is -4.64. The molecule has 1 aromatic heterocycles. The maximum absolute atomic E-state index is 13.1. The molecular weight excluding hydrogens is 498 g/mol. The number of aliphatic hydroxyl groups excluding tert-OH is 1. The molecule has 0 aliphatic heterocycles. The van der Waals surface area contributed by atoms with Crippen molar-refractivity contribution in [3.8, 4) is 0 Å². The summed E-state index contributed by atoms with van der Waals surface area (Å²) in [4.78, 5) is 64.0. The van der Waals surface area contributed by atoms with E-state index in [9.17, 15) is 34.2 Å². The SMILES string of the molecule is NCCCCC(NC(=O)C(CO)NC(=O)C(N)CC(N)=O)C(=O)NC(Cc1c[nH]c2ccccc12)C(=O)O. The summed E-state index contributed by atoms with van der Waals surface area (Å²) in [5.41, 5.74) is 17.6. The van der Waals surface area contributed by atoms with Gasteiger partial charge in [0.05, 0.1) is 19.1 Å². The Kier molecular flexibility index (Phi) is 11.7. The largest absolute Gasteiger partial charge is 0.480 e. The second kappa shape index (κ2) is 14.7. The molecule has 0 fully saturated rings. The molecule has 1 heterocycles. The molecule has 0 bridgehead atoms. The molecule has 4 amide bonds. The maximum atomic E-state index is 13.1. The van der Waals surface area contributed by atoms with Gasteiger partial charge < -0.3 is 48.3 Å². The highest BCUT2D eigenvalue weighted by molar-refractivity contribution is 5.95. The Morgan fingerprint density at radius 3 is 2.18 bits per heavy atom. The molecule has 0 radical (unpaired) electrons. The van der Waals surface area contributed by atoms with Crippen LogP contribution in [0.5, 0.6) is 0 Å². The summed E-state index contributed by atoms with van der Waals surface area (Å²) in [6, 6.07) is 2.03. The molecule has 4 atom stereocenters. The van der Waals surface area contributed by atoms with Crippen LogP contribution >= 0.6 is 0 Å². The van der Waals surface area contributed by atoms with Crippen molar-refractivity contribution >= 4 is 40.5 Å². The third-order valence-corrected chi connectivity index (χ3v) is 5.87. The van der Waals surface area contributed by atoms with Crippen LogP contribution in [0, 0.1) is 0 Å². The minimum atomic E-state index is -1.48. The van der Waals surface area contributed by atoms with Crippen molar-refractivity contribution < 1.29 is 34.2 Å². The zero-order valence-electron chi connectivity index (χ0n) is 20.8. The number of aromatic amines is 1. The number of fused-ring (bicyclic) bond motifs is 1. The average Bonchev–Trinajstić information content (AvgIpc) is 3.28. The molecule has 2 rings (SSSR count). The zero-order chi connectivity index (χ0) is 28.2. The molecule has 14 heteroatoms. The number of H-pyrrole nitrogens is 1. The highest BCUT2D eigenvalue weighted by Crippen LogP contribution is 2.19. The van der Waals surface area contributed by atoms with Crippen LogP contribution in [-0.2, 0) is 30.4 Å². The number of carbonyl (C=O) groups is 5. The van der Waals surface area contributed by atoms with Crippen LogP contribution in [-0.4, -0.2) is 82.1 Å². The maximum Gasteiger partial charge on any atom is 0.326 e. The number of primary amides is 1. The number of aromatic nitrogens is 1. The quantitative estimate of drug-likeness (QED) is 0.104. The first-order valence-electron chi connectivity index (χ1n) is 12.1. The number of amides is 4. The molecule has 4 unspecified atom stereocenters. The summed E-state index contributed by atoms with van der Waals surface area (Å²) in [6.45, 7) is -0.482. The average molecular weight is 534 g/mol. The first-order valence-corrected chi connectivity index (χ1v) is 12.1. The summed E-state index contributed by atoms with van der Waals surface area (Å²) in [7, 11) is 0. The number of hydrogen-bond acceptors (Lipinski definition) is 8. The molecular formula is C24H35N7O7. The van der Waals surface area contributed by atoms with Crippen molar-refractivity contribution in [3.05, 3.63) is 36.0 Å². The zero-order valence-corrected chi connectivity index (χ0v) is 20.8. The number of hydrogen-bond donors (Lipinski definition) is 9.